The molecule has 0 saturated heterocycles. The van der Waals surface area contributed by atoms with Crippen LogP contribution in [0.1, 0.15) is 24.2 Å². The highest BCUT2D eigenvalue weighted by molar-refractivity contribution is 7.89. The van der Waals surface area contributed by atoms with Crippen LogP contribution in [0, 0.1) is 0 Å². The summed E-state index contributed by atoms with van der Waals surface area (Å²) in [5.74, 6) is -0.501. The Labute approximate surface area is 164 Å². The molecule has 0 heterocycles. The number of nitrogens with one attached hydrogen (secondary N) is 2. The maximum Gasteiger partial charge on any atom is 0.255 e. The minimum atomic E-state index is -4.05. The van der Waals surface area contributed by atoms with Crippen LogP contribution in [0.25, 0.3) is 0 Å². The standard InChI is InChI=1S/C17H21N3O6S2/c1-11(2)20-28(24,25)14-7-4-12(5-8-14)17(21)19-13-6-9-15(26-3)16(10-13)27(18,22)23/h4-11,20H,1-3H3,(H,19,21)(H2,18,22,23). The summed E-state index contributed by atoms with van der Waals surface area (Å²) in [5, 5.41) is 7.69. The van der Waals surface area contributed by atoms with Crippen molar-refractivity contribution in [1.82, 2.24) is 4.72 Å². The van der Waals surface area contributed by atoms with E-state index < -0.39 is 26.0 Å². The predicted octanol–water partition coefficient (Wildman–Crippen LogP) is 1.28. The van der Waals surface area contributed by atoms with E-state index >= 15 is 0 Å². The van der Waals surface area contributed by atoms with E-state index in [1.807, 2.05) is 0 Å². The van der Waals surface area contributed by atoms with Gasteiger partial charge in [0, 0.05) is 17.3 Å². The van der Waals surface area contributed by atoms with Gasteiger partial charge in [0.05, 0.1) is 12.0 Å². The molecule has 2 aromatic carbocycles. The normalized spacial score (nSPS) is 12.0. The Bertz CT molecular complexity index is 1080. The molecule has 4 N–H and O–H groups in total. The van der Waals surface area contributed by atoms with Gasteiger partial charge >= 0.3 is 0 Å². The van der Waals surface area contributed by atoms with Gasteiger partial charge in [0.1, 0.15) is 10.6 Å². The number of hydrogen-bond donors (Lipinski definition) is 3. The predicted molar refractivity (Wildman–Crippen MR) is 104 cm³/mol. The monoisotopic (exact) mass is 427 g/mol. The summed E-state index contributed by atoms with van der Waals surface area (Å²) in [5.41, 5.74) is 0.379. The first kappa shape index (κ1) is 21.8. The molecule has 0 unspecified atom stereocenters. The number of primary sulfonamides is 1. The number of benzene rings is 2. The van der Waals surface area contributed by atoms with Crippen LogP contribution < -0.4 is 19.9 Å². The van der Waals surface area contributed by atoms with Crippen molar-refractivity contribution >= 4 is 31.6 Å². The van der Waals surface area contributed by atoms with Crippen molar-refractivity contribution < 1.29 is 26.4 Å². The van der Waals surface area contributed by atoms with Gasteiger partial charge in [-0.15, -0.1) is 0 Å². The summed E-state index contributed by atoms with van der Waals surface area (Å²) < 4.78 is 54.9. The number of ether oxygens (including phenoxy) is 1. The molecule has 152 valence electrons. The molecular formula is C17H21N3O6S2. The van der Waals surface area contributed by atoms with E-state index in [2.05, 4.69) is 10.0 Å². The first-order chi connectivity index (χ1) is 12.9. The van der Waals surface area contributed by atoms with Gasteiger partial charge in [-0.25, -0.2) is 26.7 Å². The molecule has 0 aliphatic carbocycles. The lowest BCUT2D eigenvalue weighted by atomic mass is 10.2. The molecule has 28 heavy (non-hydrogen) atoms. The van der Waals surface area contributed by atoms with Crippen LogP contribution in [-0.4, -0.2) is 35.9 Å². The Morgan fingerprint density at radius 1 is 1.04 bits per heavy atom. The molecular weight excluding hydrogens is 406 g/mol. The van der Waals surface area contributed by atoms with Crippen LogP contribution >= 0.6 is 0 Å². The van der Waals surface area contributed by atoms with Crippen LogP contribution in [0.3, 0.4) is 0 Å². The second kappa shape index (κ2) is 8.27. The Balaban J connectivity index is 2.24. The Hall–Kier alpha value is -2.47. The fourth-order valence-corrected chi connectivity index (χ4v) is 4.32. The minimum absolute atomic E-state index is 0.0266. The number of sulfonamides is 2. The summed E-state index contributed by atoms with van der Waals surface area (Å²) in [7, 11) is -6.42. The van der Waals surface area contributed by atoms with E-state index in [0.29, 0.717) is 0 Å². The maximum atomic E-state index is 12.4. The smallest absolute Gasteiger partial charge is 0.255 e. The third kappa shape index (κ3) is 5.29. The van der Waals surface area contributed by atoms with Crippen LogP contribution in [0.5, 0.6) is 5.75 Å². The van der Waals surface area contributed by atoms with Crippen molar-refractivity contribution in [2.24, 2.45) is 5.14 Å². The molecule has 0 aromatic heterocycles. The van der Waals surface area contributed by atoms with Crippen LogP contribution in [-0.2, 0) is 20.0 Å². The number of carbonyl (C=O) groups excluding carboxylic acids is 1. The van der Waals surface area contributed by atoms with E-state index in [1.165, 1.54) is 49.6 Å². The third-order valence-corrected chi connectivity index (χ3v) is 6.15. The lowest BCUT2D eigenvalue weighted by Gasteiger charge is -2.11. The zero-order valence-electron chi connectivity index (χ0n) is 15.5. The number of anilines is 1. The summed E-state index contributed by atoms with van der Waals surface area (Å²) in [6, 6.07) is 9.06. The van der Waals surface area contributed by atoms with Crippen molar-refractivity contribution in [3.63, 3.8) is 0 Å². The topological polar surface area (TPSA) is 145 Å². The first-order valence-electron chi connectivity index (χ1n) is 8.08. The molecule has 0 spiro atoms. The van der Waals surface area contributed by atoms with Crippen molar-refractivity contribution in [3.8, 4) is 5.75 Å². The number of methoxy groups -OCH3 is 1. The average Bonchev–Trinajstić information content (AvgIpc) is 2.60. The van der Waals surface area contributed by atoms with E-state index in [0.717, 1.165) is 0 Å². The van der Waals surface area contributed by atoms with Gasteiger partial charge in [0.25, 0.3) is 5.91 Å². The molecule has 9 nitrogen and oxygen atoms in total. The highest BCUT2D eigenvalue weighted by Crippen LogP contribution is 2.26. The largest absolute Gasteiger partial charge is 0.495 e. The van der Waals surface area contributed by atoms with Gasteiger partial charge in [-0.2, -0.15) is 0 Å². The molecule has 0 fully saturated rings. The number of rotatable bonds is 7. The highest BCUT2D eigenvalue weighted by Gasteiger charge is 2.18. The lowest BCUT2D eigenvalue weighted by molar-refractivity contribution is 0.102. The number of nitrogens with two attached hydrogens (primary N) is 1. The Kier molecular flexibility index (Phi) is 6.44. The average molecular weight is 428 g/mol. The zero-order chi connectivity index (χ0) is 21.1. The van der Waals surface area contributed by atoms with Crippen molar-refractivity contribution in [3.05, 3.63) is 48.0 Å². The molecule has 0 aliphatic rings. The fourth-order valence-electron chi connectivity index (χ4n) is 2.34. The quantitative estimate of drug-likeness (QED) is 0.607. The second-order valence-electron chi connectivity index (χ2n) is 6.17. The lowest BCUT2D eigenvalue weighted by Crippen LogP contribution is -2.30. The highest BCUT2D eigenvalue weighted by atomic mass is 32.2. The summed E-state index contributed by atoms with van der Waals surface area (Å²) in [6.45, 7) is 3.40. The van der Waals surface area contributed by atoms with E-state index in [4.69, 9.17) is 9.88 Å². The van der Waals surface area contributed by atoms with Crippen molar-refractivity contribution in [2.45, 2.75) is 29.7 Å². The molecule has 1 amide bonds. The van der Waals surface area contributed by atoms with Gasteiger partial charge in [-0.05, 0) is 56.3 Å². The summed E-state index contributed by atoms with van der Waals surface area (Å²) in [6.07, 6.45) is 0. The molecule has 2 rings (SSSR count). The van der Waals surface area contributed by atoms with Crippen LogP contribution in [0.2, 0.25) is 0 Å². The van der Waals surface area contributed by atoms with Crippen molar-refractivity contribution in [2.75, 3.05) is 12.4 Å². The maximum absolute atomic E-state index is 12.4. The number of carbonyl (C=O) groups is 1. The van der Waals surface area contributed by atoms with Crippen LogP contribution in [0.15, 0.2) is 52.3 Å². The van der Waals surface area contributed by atoms with E-state index in [9.17, 15) is 21.6 Å². The minimum Gasteiger partial charge on any atom is -0.495 e. The summed E-state index contributed by atoms with van der Waals surface area (Å²) >= 11 is 0. The molecule has 0 atom stereocenters. The second-order valence-corrected chi connectivity index (χ2v) is 9.41. The first-order valence-corrected chi connectivity index (χ1v) is 11.1. The van der Waals surface area contributed by atoms with E-state index in [-0.39, 0.29) is 32.8 Å². The molecule has 11 heteroatoms. The molecule has 0 bridgehead atoms. The molecule has 0 aliphatic heterocycles. The van der Waals surface area contributed by atoms with Gasteiger partial charge < -0.3 is 10.1 Å². The third-order valence-electron chi connectivity index (χ3n) is 3.55. The SMILES string of the molecule is COc1ccc(NC(=O)c2ccc(S(=O)(=O)NC(C)C)cc2)cc1S(N)(=O)=O. The molecule has 0 saturated carbocycles. The zero-order valence-corrected chi connectivity index (χ0v) is 17.1. The number of amides is 1. The molecule has 2 aromatic rings. The van der Waals surface area contributed by atoms with Crippen molar-refractivity contribution in [1.29, 1.82) is 0 Å². The molecule has 0 radical (unpaired) electrons. The van der Waals surface area contributed by atoms with Gasteiger partial charge in [0.2, 0.25) is 20.0 Å². The fraction of sp³-hybridized carbons (Fsp3) is 0.235. The number of hydrogen-bond acceptors (Lipinski definition) is 6. The van der Waals surface area contributed by atoms with Gasteiger partial charge in [-0.1, -0.05) is 0 Å². The van der Waals surface area contributed by atoms with E-state index in [1.54, 1.807) is 13.8 Å². The van der Waals surface area contributed by atoms with Gasteiger partial charge in [-0.3, -0.25) is 4.79 Å². The van der Waals surface area contributed by atoms with Crippen LogP contribution in [0.4, 0.5) is 5.69 Å². The Morgan fingerprint density at radius 2 is 1.64 bits per heavy atom. The summed E-state index contributed by atoms with van der Waals surface area (Å²) in [4.78, 5) is 12.1. The van der Waals surface area contributed by atoms with Gasteiger partial charge in [0.15, 0.2) is 0 Å². The Morgan fingerprint density at radius 3 is 2.14 bits per heavy atom.